The Kier molecular flexibility index (Phi) is 5.84. The number of carbonyl (C=O) groups excluding carboxylic acids is 1. The number of halogens is 1. The topological polar surface area (TPSA) is 76.8 Å². The summed E-state index contributed by atoms with van der Waals surface area (Å²) in [5.41, 5.74) is 0.876. The van der Waals surface area contributed by atoms with E-state index in [9.17, 15) is 9.18 Å². The molecular weight excluding hydrogens is 393 g/mol. The molecular formula is C20H28FN3O4Si. The van der Waals surface area contributed by atoms with E-state index in [-0.39, 0.29) is 18.2 Å². The van der Waals surface area contributed by atoms with Gasteiger partial charge in [-0.15, -0.1) is 0 Å². The number of imidazole rings is 1. The summed E-state index contributed by atoms with van der Waals surface area (Å²) < 4.78 is 27.6. The maximum atomic E-state index is 14.8. The second-order valence-corrected chi connectivity index (χ2v) is 11.7. The number of cyclic esters (lactones) is 1. The molecule has 7 nitrogen and oxygen atoms in total. The van der Waals surface area contributed by atoms with Crippen LogP contribution >= 0.6 is 0 Å². The fraction of sp³-hybridized carbons (Fsp3) is 0.500. The molecule has 1 atom stereocenters. The summed E-state index contributed by atoms with van der Waals surface area (Å²) in [5.74, 6) is -0.491. The Balaban J connectivity index is 1.79. The molecule has 1 aromatic carbocycles. The van der Waals surface area contributed by atoms with Crippen molar-refractivity contribution in [3.63, 3.8) is 0 Å². The fourth-order valence-electron chi connectivity index (χ4n) is 2.94. The largest absolute Gasteiger partial charge is 0.441 e. The summed E-state index contributed by atoms with van der Waals surface area (Å²) in [4.78, 5) is 17.6. The van der Waals surface area contributed by atoms with Gasteiger partial charge in [0.15, 0.2) is 9.76 Å². The van der Waals surface area contributed by atoms with Crippen molar-refractivity contribution in [2.45, 2.75) is 51.4 Å². The summed E-state index contributed by atoms with van der Waals surface area (Å²) >= 11 is 0. The van der Waals surface area contributed by atoms with Crippen molar-refractivity contribution in [2.75, 3.05) is 18.1 Å². The number of nitrogens with zero attached hydrogens (tertiary/aromatic N) is 3. The first-order valence-electron chi connectivity index (χ1n) is 9.57. The van der Waals surface area contributed by atoms with E-state index in [1.54, 1.807) is 29.2 Å². The fourth-order valence-corrected chi connectivity index (χ4v) is 3.88. The first-order valence-corrected chi connectivity index (χ1v) is 10.9. The Morgan fingerprint density at radius 3 is 2.66 bits per heavy atom. The molecule has 2 aromatic rings. The first-order chi connectivity index (χ1) is 13.5. The van der Waals surface area contributed by atoms with Crippen molar-refractivity contribution in [3.05, 3.63) is 42.2 Å². The molecule has 1 aliphatic rings. The van der Waals surface area contributed by atoms with E-state index < -0.39 is 33.4 Å². The Labute approximate surface area is 172 Å². The lowest BCUT2D eigenvalue weighted by molar-refractivity contribution is 0.0963. The van der Waals surface area contributed by atoms with Crippen LogP contribution in [0.1, 0.15) is 40.3 Å². The third-order valence-electron chi connectivity index (χ3n) is 4.66. The normalized spacial score (nSPS) is 18.1. The highest BCUT2D eigenvalue weighted by Gasteiger charge is 2.32. The molecule has 0 saturated carbocycles. The Bertz CT molecular complexity index is 894. The van der Waals surface area contributed by atoms with Crippen LogP contribution in [0.25, 0.3) is 5.69 Å². The molecule has 0 bridgehead atoms. The standard InChI is InChI=1S/C20H28FN3O4Si/c1-19(2,3)29-28-20(4,5)17-10-23(12-22-17)16-7-6-13(8-15(16)21)24-9-14(11-25)27-18(24)26/h6-8,10,12,14,25H,9,11,29H2,1-5H3/t14-/m1/s1. The van der Waals surface area contributed by atoms with Crippen LogP contribution in [0.3, 0.4) is 0 Å². The predicted molar refractivity (Wildman–Crippen MR) is 111 cm³/mol. The van der Waals surface area contributed by atoms with E-state index >= 15 is 0 Å². The maximum Gasteiger partial charge on any atom is 0.414 e. The molecule has 1 aliphatic heterocycles. The number of anilines is 1. The minimum atomic E-state index is -0.776. The van der Waals surface area contributed by atoms with Gasteiger partial charge in [-0.3, -0.25) is 4.90 Å². The van der Waals surface area contributed by atoms with Gasteiger partial charge in [-0.05, 0) is 37.1 Å². The lowest BCUT2D eigenvalue weighted by Gasteiger charge is -2.28. The lowest BCUT2D eigenvalue weighted by Crippen LogP contribution is -2.28. The van der Waals surface area contributed by atoms with E-state index in [0.717, 1.165) is 5.69 Å². The minimum absolute atomic E-state index is 0.160. The summed E-state index contributed by atoms with van der Waals surface area (Å²) in [6.45, 7) is 10.3. The average molecular weight is 422 g/mol. The highest BCUT2D eigenvalue weighted by Crippen LogP contribution is 2.30. The molecule has 9 heteroatoms. The molecule has 158 valence electrons. The summed E-state index contributed by atoms with van der Waals surface area (Å²) in [5, 5.41) is 9.31. The molecule has 1 N–H and O–H groups in total. The number of hydrogen-bond acceptors (Lipinski definition) is 5. The number of carbonyl (C=O) groups is 1. The molecule has 1 amide bonds. The molecule has 0 aliphatic carbocycles. The minimum Gasteiger partial charge on any atom is -0.441 e. The summed E-state index contributed by atoms with van der Waals surface area (Å²) in [6.07, 6.45) is 2.13. The van der Waals surface area contributed by atoms with Gasteiger partial charge in [-0.25, -0.2) is 14.2 Å². The van der Waals surface area contributed by atoms with Crippen LogP contribution in [0.5, 0.6) is 0 Å². The van der Waals surface area contributed by atoms with Crippen molar-refractivity contribution in [1.82, 2.24) is 9.55 Å². The van der Waals surface area contributed by atoms with Gasteiger partial charge < -0.3 is 18.8 Å². The summed E-state index contributed by atoms with van der Waals surface area (Å²) in [7, 11) is -0.776. The van der Waals surface area contributed by atoms with Gasteiger partial charge in [-0.1, -0.05) is 20.8 Å². The quantitative estimate of drug-likeness (QED) is 0.726. The number of amides is 1. The molecule has 2 heterocycles. The number of aromatic nitrogens is 2. The van der Waals surface area contributed by atoms with Gasteiger partial charge in [0.2, 0.25) is 0 Å². The van der Waals surface area contributed by atoms with Crippen LogP contribution in [0, 0.1) is 5.82 Å². The highest BCUT2D eigenvalue weighted by atomic mass is 28.2. The predicted octanol–water partition coefficient (Wildman–Crippen LogP) is 2.88. The van der Waals surface area contributed by atoms with Gasteiger partial charge >= 0.3 is 6.09 Å². The zero-order valence-corrected chi connectivity index (χ0v) is 18.9. The molecule has 29 heavy (non-hydrogen) atoms. The van der Waals surface area contributed by atoms with Gasteiger partial charge in [0.05, 0.1) is 42.1 Å². The summed E-state index contributed by atoms with van der Waals surface area (Å²) in [6, 6.07) is 4.52. The van der Waals surface area contributed by atoms with E-state index in [2.05, 4.69) is 25.8 Å². The average Bonchev–Trinajstić information content (AvgIpc) is 3.27. The molecule has 1 saturated heterocycles. The van der Waals surface area contributed by atoms with Crippen LogP contribution < -0.4 is 4.90 Å². The van der Waals surface area contributed by atoms with Crippen LogP contribution in [-0.4, -0.2) is 49.8 Å². The third-order valence-corrected chi connectivity index (χ3v) is 6.40. The van der Waals surface area contributed by atoms with Crippen LogP contribution in [0.4, 0.5) is 14.9 Å². The molecule has 3 rings (SSSR count). The molecule has 0 radical (unpaired) electrons. The van der Waals surface area contributed by atoms with Gasteiger partial charge in [0.25, 0.3) is 0 Å². The van der Waals surface area contributed by atoms with E-state index in [1.165, 1.54) is 11.0 Å². The third kappa shape index (κ3) is 4.85. The Hall–Kier alpha value is -2.23. The van der Waals surface area contributed by atoms with Crippen molar-refractivity contribution in [3.8, 4) is 5.69 Å². The number of rotatable bonds is 6. The van der Waals surface area contributed by atoms with Gasteiger partial charge in [0.1, 0.15) is 11.9 Å². The van der Waals surface area contributed by atoms with Crippen LogP contribution in [-0.2, 0) is 14.8 Å². The van der Waals surface area contributed by atoms with Crippen molar-refractivity contribution >= 4 is 21.5 Å². The van der Waals surface area contributed by atoms with Crippen LogP contribution in [0.15, 0.2) is 30.7 Å². The van der Waals surface area contributed by atoms with Gasteiger partial charge in [0, 0.05) is 6.20 Å². The second kappa shape index (κ2) is 7.89. The Morgan fingerprint density at radius 1 is 1.34 bits per heavy atom. The second-order valence-electron chi connectivity index (χ2n) is 8.96. The van der Waals surface area contributed by atoms with E-state index in [0.29, 0.717) is 11.4 Å². The lowest BCUT2D eigenvalue weighted by atomic mass is 10.1. The first kappa shape index (κ1) is 21.5. The zero-order chi connectivity index (χ0) is 21.4. The van der Waals surface area contributed by atoms with Crippen molar-refractivity contribution < 1.29 is 23.5 Å². The monoisotopic (exact) mass is 421 g/mol. The smallest absolute Gasteiger partial charge is 0.414 e. The van der Waals surface area contributed by atoms with E-state index in [4.69, 9.17) is 14.3 Å². The SMILES string of the molecule is CC(C)(C)[SiH2]OC(C)(C)c1cn(-c2ccc(N3C[C@H](CO)OC3=O)cc2F)cn1. The molecule has 1 fully saturated rings. The number of ether oxygens (including phenoxy) is 1. The van der Waals surface area contributed by atoms with Crippen molar-refractivity contribution in [2.24, 2.45) is 0 Å². The van der Waals surface area contributed by atoms with Crippen molar-refractivity contribution in [1.29, 1.82) is 0 Å². The Morgan fingerprint density at radius 2 is 2.07 bits per heavy atom. The molecule has 0 unspecified atom stereocenters. The maximum absolute atomic E-state index is 14.8. The number of hydrogen-bond donors (Lipinski definition) is 1. The highest BCUT2D eigenvalue weighted by molar-refractivity contribution is 6.31. The molecule has 0 spiro atoms. The van der Waals surface area contributed by atoms with Crippen LogP contribution in [0.2, 0.25) is 5.04 Å². The number of benzene rings is 1. The zero-order valence-electron chi connectivity index (χ0n) is 17.5. The van der Waals surface area contributed by atoms with Gasteiger partial charge in [-0.2, -0.15) is 0 Å². The molecule has 1 aromatic heterocycles. The van der Waals surface area contributed by atoms with E-state index in [1.807, 2.05) is 13.8 Å². The number of aliphatic hydroxyl groups excluding tert-OH is 1. The number of aliphatic hydroxyl groups is 1.